The molecule has 1 aliphatic rings. The fraction of sp³-hybridized carbons (Fsp3) is 0.667. The van der Waals surface area contributed by atoms with Crippen LogP contribution in [0.3, 0.4) is 0 Å². The predicted octanol–water partition coefficient (Wildman–Crippen LogP) is 0.907. The Balaban J connectivity index is 0.00000144. The molecule has 4 heteroatoms. The van der Waals surface area contributed by atoms with Gasteiger partial charge in [0.1, 0.15) is 6.54 Å². The van der Waals surface area contributed by atoms with Gasteiger partial charge in [-0.05, 0) is 12.8 Å². The van der Waals surface area contributed by atoms with Gasteiger partial charge in [0, 0.05) is 20.1 Å². The smallest absolute Gasteiger partial charge is 0.194 e. The van der Waals surface area contributed by atoms with Crippen molar-refractivity contribution in [1.82, 2.24) is 10.2 Å². The van der Waals surface area contributed by atoms with Gasteiger partial charge in [-0.15, -0.1) is 30.4 Å². The van der Waals surface area contributed by atoms with Crippen LogP contribution in [0.25, 0.3) is 0 Å². The minimum absolute atomic E-state index is 0. The van der Waals surface area contributed by atoms with Gasteiger partial charge >= 0.3 is 0 Å². The second kappa shape index (κ2) is 6.08. The Morgan fingerprint density at radius 1 is 1.62 bits per heavy atom. The van der Waals surface area contributed by atoms with Crippen molar-refractivity contribution in [3.63, 3.8) is 0 Å². The van der Waals surface area contributed by atoms with Crippen LogP contribution in [-0.2, 0) is 0 Å². The van der Waals surface area contributed by atoms with E-state index in [2.05, 4.69) is 16.2 Å². The molecular formula is C9H16IN3. The number of hydrogen-bond acceptors (Lipinski definition) is 1. The number of halogens is 1. The Morgan fingerprint density at radius 3 is 2.62 bits per heavy atom. The molecule has 74 valence electrons. The van der Waals surface area contributed by atoms with E-state index >= 15 is 0 Å². The lowest BCUT2D eigenvalue weighted by atomic mass is 10.6. The van der Waals surface area contributed by atoms with Crippen molar-refractivity contribution in [3.8, 4) is 12.3 Å². The fourth-order valence-electron chi connectivity index (χ4n) is 0.847. The van der Waals surface area contributed by atoms with Crippen LogP contribution in [0.4, 0.5) is 0 Å². The molecular weight excluding hydrogens is 277 g/mol. The summed E-state index contributed by atoms with van der Waals surface area (Å²) in [4.78, 5) is 6.17. The summed E-state index contributed by atoms with van der Waals surface area (Å²) >= 11 is 0. The SMILES string of the molecule is C#CCN=C(NC1CC1)N(C)C.I. The van der Waals surface area contributed by atoms with Crippen LogP contribution < -0.4 is 5.32 Å². The predicted molar refractivity (Wildman–Crippen MR) is 66.4 cm³/mol. The van der Waals surface area contributed by atoms with Crippen molar-refractivity contribution in [2.45, 2.75) is 18.9 Å². The van der Waals surface area contributed by atoms with Crippen LogP contribution in [0.5, 0.6) is 0 Å². The summed E-state index contributed by atoms with van der Waals surface area (Å²) in [5.74, 6) is 3.39. The van der Waals surface area contributed by atoms with Gasteiger partial charge in [-0.1, -0.05) is 5.92 Å². The lowest BCUT2D eigenvalue weighted by Gasteiger charge is -2.16. The van der Waals surface area contributed by atoms with Gasteiger partial charge in [-0.25, -0.2) is 4.99 Å². The Morgan fingerprint density at radius 2 is 2.23 bits per heavy atom. The third-order valence-electron chi connectivity index (χ3n) is 1.65. The van der Waals surface area contributed by atoms with E-state index < -0.39 is 0 Å². The zero-order chi connectivity index (χ0) is 8.97. The van der Waals surface area contributed by atoms with Crippen LogP contribution in [0.1, 0.15) is 12.8 Å². The summed E-state index contributed by atoms with van der Waals surface area (Å²) < 4.78 is 0. The summed E-state index contributed by atoms with van der Waals surface area (Å²) in [6, 6.07) is 0.629. The minimum Gasteiger partial charge on any atom is -0.353 e. The molecule has 3 nitrogen and oxygen atoms in total. The summed E-state index contributed by atoms with van der Waals surface area (Å²) in [6.07, 6.45) is 7.63. The molecule has 0 heterocycles. The number of nitrogens with one attached hydrogen (secondary N) is 1. The highest BCUT2D eigenvalue weighted by atomic mass is 127. The first-order chi connectivity index (χ1) is 5.74. The van der Waals surface area contributed by atoms with Crippen LogP contribution in [0, 0.1) is 12.3 Å². The maximum absolute atomic E-state index is 5.12. The van der Waals surface area contributed by atoms with Crippen LogP contribution >= 0.6 is 24.0 Å². The molecule has 13 heavy (non-hydrogen) atoms. The highest BCUT2D eigenvalue weighted by Gasteiger charge is 2.22. The molecule has 0 spiro atoms. The van der Waals surface area contributed by atoms with Crippen LogP contribution in [-0.4, -0.2) is 37.5 Å². The minimum atomic E-state index is 0. The van der Waals surface area contributed by atoms with E-state index in [1.54, 1.807) is 0 Å². The number of aliphatic imine (C=N–C) groups is 1. The van der Waals surface area contributed by atoms with Gasteiger partial charge in [0.2, 0.25) is 0 Å². The maximum Gasteiger partial charge on any atom is 0.194 e. The third-order valence-corrected chi connectivity index (χ3v) is 1.65. The van der Waals surface area contributed by atoms with Gasteiger partial charge in [0.25, 0.3) is 0 Å². The van der Waals surface area contributed by atoms with E-state index in [-0.39, 0.29) is 24.0 Å². The molecule has 1 rings (SSSR count). The Labute approximate surface area is 97.0 Å². The first-order valence-electron chi connectivity index (χ1n) is 4.16. The van der Waals surface area contributed by atoms with E-state index in [9.17, 15) is 0 Å². The fourth-order valence-corrected chi connectivity index (χ4v) is 0.847. The Kier molecular flexibility index (Phi) is 5.88. The second-order valence-electron chi connectivity index (χ2n) is 3.16. The van der Waals surface area contributed by atoms with Gasteiger partial charge in [-0.3, -0.25) is 0 Å². The van der Waals surface area contributed by atoms with Crippen molar-refractivity contribution >= 4 is 29.9 Å². The van der Waals surface area contributed by atoms with Gasteiger partial charge in [0.15, 0.2) is 5.96 Å². The quantitative estimate of drug-likeness (QED) is 0.355. The van der Waals surface area contributed by atoms with E-state index in [1.165, 1.54) is 12.8 Å². The molecule has 1 N–H and O–H groups in total. The zero-order valence-electron chi connectivity index (χ0n) is 8.08. The zero-order valence-corrected chi connectivity index (χ0v) is 10.4. The van der Waals surface area contributed by atoms with E-state index in [0.717, 1.165) is 5.96 Å². The molecule has 1 fully saturated rings. The molecule has 1 saturated carbocycles. The summed E-state index contributed by atoms with van der Waals surface area (Å²) in [7, 11) is 3.93. The first kappa shape index (κ1) is 12.6. The summed E-state index contributed by atoms with van der Waals surface area (Å²) in [5.41, 5.74) is 0. The summed E-state index contributed by atoms with van der Waals surface area (Å²) in [6.45, 7) is 0.452. The number of rotatable bonds is 2. The summed E-state index contributed by atoms with van der Waals surface area (Å²) in [5, 5.41) is 3.31. The molecule has 0 aliphatic heterocycles. The van der Waals surface area contributed by atoms with E-state index in [0.29, 0.717) is 12.6 Å². The van der Waals surface area contributed by atoms with Crippen molar-refractivity contribution in [2.75, 3.05) is 20.6 Å². The number of nitrogens with zero attached hydrogens (tertiary/aromatic N) is 2. The number of hydrogen-bond donors (Lipinski definition) is 1. The Bertz CT molecular complexity index is 213. The highest BCUT2D eigenvalue weighted by molar-refractivity contribution is 14.0. The largest absolute Gasteiger partial charge is 0.353 e. The standard InChI is InChI=1S/C9H15N3.HI/c1-4-7-10-9(12(2)3)11-8-5-6-8;/h1,8H,5-7H2,2-3H3,(H,10,11);1H. The average molecular weight is 293 g/mol. The van der Waals surface area contributed by atoms with Crippen LogP contribution in [0.2, 0.25) is 0 Å². The lowest BCUT2D eigenvalue weighted by molar-refractivity contribution is 0.580. The molecule has 0 aromatic rings. The molecule has 0 atom stereocenters. The monoisotopic (exact) mass is 293 g/mol. The molecule has 1 aliphatic carbocycles. The molecule has 0 amide bonds. The second-order valence-corrected chi connectivity index (χ2v) is 3.16. The lowest BCUT2D eigenvalue weighted by Crippen LogP contribution is -2.37. The van der Waals surface area contributed by atoms with Crippen molar-refractivity contribution < 1.29 is 0 Å². The van der Waals surface area contributed by atoms with E-state index in [1.807, 2.05) is 19.0 Å². The van der Waals surface area contributed by atoms with Gasteiger partial charge < -0.3 is 10.2 Å². The van der Waals surface area contributed by atoms with Crippen molar-refractivity contribution in [2.24, 2.45) is 4.99 Å². The highest BCUT2D eigenvalue weighted by Crippen LogP contribution is 2.18. The van der Waals surface area contributed by atoms with Gasteiger partial charge in [-0.2, -0.15) is 0 Å². The number of guanidine groups is 1. The third kappa shape index (κ3) is 4.98. The average Bonchev–Trinajstić information content (AvgIpc) is 2.80. The topological polar surface area (TPSA) is 27.6 Å². The molecule has 0 aromatic heterocycles. The maximum atomic E-state index is 5.12. The van der Waals surface area contributed by atoms with Gasteiger partial charge in [0.05, 0.1) is 0 Å². The molecule has 0 bridgehead atoms. The van der Waals surface area contributed by atoms with Crippen molar-refractivity contribution in [3.05, 3.63) is 0 Å². The van der Waals surface area contributed by atoms with Crippen LogP contribution in [0.15, 0.2) is 4.99 Å². The first-order valence-corrected chi connectivity index (χ1v) is 4.16. The molecule has 0 radical (unpaired) electrons. The van der Waals surface area contributed by atoms with Crippen molar-refractivity contribution in [1.29, 1.82) is 0 Å². The number of terminal acetylenes is 1. The molecule has 0 aromatic carbocycles. The normalized spacial score (nSPS) is 15.6. The molecule has 0 unspecified atom stereocenters. The van der Waals surface area contributed by atoms with E-state index in [4.69, 9.17) is 6.42 Å². The Hall–Kier alpha value is -0.440. The molecule has 0 saturated heterocycles.